The van der Waals surface area contributed by atoms with E-state index in [1.807, 2.05) is 19.0 Å². The maximum Gasteiger partial charge on any atom is 0.276 e. The molecule has 0 spiro atoms. The smallest absolute Gasteiger partial charge is 0.276 e. The number of nitrogens with zero attached hydrogens (tertiary/aromatic N) is 2. The van der Waals surface area contributed by atoms with Crippen LogP contribution in [0.1, 0.15) is 58.8 Å². The van der Waals surface area contributed by atoms with Crippen LogP contribution in [0.15, 0.2) is 40.9 Å². The highest BCUT2D eigenvalue weighted by molar-refractivity contribution is 9.11. The zero-order chi connectivity index (χ0) is 26.7. The summed E-state index contributed by atoms with van der Waals surface area (Å²) in [5.41, 5.74) is 4.97. The van der Waals surface area contributed by atoms with Crippen LogP contribution >= 0.6 is 27.3 Å². The molecule has 7 nitrogen and oxygen atoms in total. The van der Waals surface area contributed by atoms with Crippen molar-refractivity contribution < 1.29 is 14.8 Å². The van der Waals surface area contributed by atoms with Crippen molar-refractivity contribution in [1.29, 1.82) is 0 Å². The lowest BCUT2D eigenvalue weighted by molar-refractivity contribution is -0.378. The number of hydrogen-bond acceptors (Lipinski definition) is 5. The first-order chi connectivity index (χ1) is 17.7. The number of likely N-dealkylation sites (tertiary alicyclic amines) is 1. The van der Waals surface area contributed by atoms with E-state index < -0.39 is 5.91 Å². The predicted octanol–water partition coefficient (Wildman–Crippen LogP) is 5.15. The lowest BCUT2D eigenvalue weighted by Gasteiger charge is -2.30. The number of amides is 2. The van der Waals surface area contributed by atoms with Gasteiger partial charge in [0.1, 0.15) is 5.69 Å². The quantitative estimate of drug-likeness (QED) is 0.460. The Morgan fingerprint density at radius 1 is 1.14 bits per heavy atom. The Morgan fingerprint density at radius 2 is 1.84 bits per heavy atom. The summed E-state index contributed by atoms with van der Waals surface area (Å²) in [6.45, 7) is 9.42. The first-order valence-electron chi connectivity index (χ1n) is 12.5. The average Bonchev–Trinajstić information content (AvgIpc) is 3.26. The molecule has 2 N–H and O–H groups in total. The SMILES string of the molecule is Cc1cc(NC(=O)/C=C/C(=O)N2CCC(c3nc(C4=CC=C(Br)CC4C)c(C)s3)CC2)c([NH+]=O)cc1C. The number of aryl methyl sites for hydroxylation is 3. The Morgan fingerprint density at radius 3 is 2.51 bits per heavy atom. The van der Waals surface area contributed by atoms with Crippen molar-refractivity contribution in [1.82, 2.24) is 9.88 Å². The van der Waals surface area contributed by atoms with Crippen LogP contribution in [-0.2, 0) is 9.59 Å². The zero-order valence-electron chi connectivity index (χ0n) is 21.6. The first-order valence-corrected chi connectivity index (χ1v) is 14.1. The molecule has 9 heteroatoms. The van der Waals surface area contributed by atoms with E-state index in [4.69, 9.17) is 4.98 Å². The summed E-state index contributed by atoms with van der Waals surface area (Å²) in [5.74, 6) is 0.111. The minimum absolute atomic E-state index is 0.189. The summed E-state index contributed by atoms with van der Waals surface area (Å²) in [4.78, 5) is 44.4. The monoisotopic (exact) mass is 583 g/mol. The fourth-order valence-electron chi connectivity index (χ4n) is 4.76. The van der Waals surface area contributed by atoms with Crippen molar-refractivity contribution in [3.63, 3.8) is 0 Å². The van der Waals surface area contributed by atoms with Gasteiger partial charge in [-0.2, -0.15) is 0 Å². The summed E-state index contributed by atoms with van der Waals surface area (Å²) >= 11 is 5.37. The molecule has 4 rings (SSSR count). The van der Waals surface area contributed by atoms with Gasteiger partial charge in [-0.15, -0.1) is 11.3 Å². The lowest BCUT2D eigenvalue weighted by Crippen LogP contribution is -2.56. The third kappa shape index (κ3) is 6.33. The summed E-state index contributed by atoms with van der Waals surface area (Å²) in [5, 5.41) is 5.68. The predicted molar refractivity (Wildman–Crippen MR) is 152 cm³/mol. The zero-order valence-corrected chi connectivity index (χ0v) is 24.0. The van der Waals surface area contributed by atoms with E-state index in [0.717, 1.165) is 41.1 Å². The summed E-state index contributed by atoms with van der Waals surface area (Å²) < 4.78 is 1.22. The van der Waals surface area contributed by atoms with E-state index in [-0.39, 0.29) is 11.6 Å². The van der Waals surface area contributed by atoms with E-state index in [9.17, 15) is 14.5 Å². The molecule has 194 valence electrons. The number of hydrogen-bond donors (Lipinski definition) is 2. The first kappa shape index (κ1) is 27.1. The molecule has 0 saturated carbocycles. The molecular formula is C28H32BrN4O3S+. The highest BCUT2D eigenvalue weighted by Gasteiger charge is 2.27. The molecule has 2 heterocycles. The standard InChI is InChI=1S/C28H31BrN4O3S/c1-16-14-23(24(32-36)15-17(16)2)30-25(34)7-8-26(35)33-11-9-20(10-12-33)28-31-27(19(4)37-28)22-6-5-21(29)13-18(22)3/h5-8,14-15,18,20H,9-13H2,1-4H3,(H,30,34)/p+1/b8-7+. The number of thiazole rings is 1. The highest BCUT2D eigenvalue weighted by atomic mass is 79.9. The third-order valence-corrected chi connectivity index (χ3v) is 8.82. The van der Waals surface area contributed by atoms with E-state index in [0.29, 0.717) is 30.6 Å². The van der Waals surface area contributed by atoms with Gasteiger partial charge in [-0.3, -0.25) is 9.59 Å². The Labute approximate surface area is 229 Å². The second kappa shape index (κ2) is 11.6. The Hall–Kier alpha value is -2.91. The van der Waals surface area contributed by atoms with Gasteiger partial charge in [0.05, 0.1) is 10.7 Å². The number of nitrogens with one attached hydrogen (secondary N) is 2. The van der Waals surface area contributed by atoms with Crippen molar-refractivity contribution >= 4 is 56.0 Å². The highest BCUT2D eigenvalue weighted by Crippen LogP contribution is 2.39. The Balaban J connectivity index is 1.34. The van der Waals surface area contributed by atoms with E-state index in [1.54, 1.807) is 28.4 Å². The van der Waals surface area contributed by atoms with Crippen LogP contribution in [0.25, 0.3) is 5.57 Å². The third-order valence-electron chi connectivity index (χ3n) is 7.10. The molecule has 1 atom stereocenters. The van der Waals surface area contributed by atoms with Gasteiger partial charge >= 0.3 is 0 Å². The molecule has 0 radical (unpaired) electrons. The molecule has 1 aromatic carbocycles. The molecule has 1 aromatic heterocycles. The fourth-order valence-corrected chi connectivity index (χ4v) is 6.50. The van der Waals surface area contributed by atoms with Crippen molar-refractivity contribution in [2.75, 3.05) is 18.4 Å². The van der Waals surface area contributed by atoms with Gasteiger partial charge in [0.25, 0.3) is 5.69 Å². The van der Waals surface area contributed by atoms with E-state index in [1.165, 1.54) is 27.1 Å². The summed E-state index contributed by atoms with van der Waals surface area (Å²) in [6.07, 6.45) is 9.50. The van der Waals surface area contributed by atoms with Crippen LogP contribution in [0, 0.1) is 31.6 Å². The second-order valence-electron chi connectivity index (χ2n) is 9.80. The molecular weight excluding hydrogens is 552 g/mol. The van der Waals surface area contributed by atoms with Gasteiger partial charge in [0, 0.05) is 52.2 Å². The van der Waals surface area contributed by atoms with Gasteiger partial charge in [-0.1, -0.05) is 35.0 Å². The van der Waals surface area contributed by atoms with Crippen LogP contribution in [-0.4, -0.2) is 34.8 Å². The largest absolute Gasteiger partial charge is 0.339 e. The number of piperidine rings is 1. The van der Waals surface area contributed by atoms with Gasteiger partial charge in [0.15, 0.2) is 0 Å². The molecule has 0 bridgehead atoms. The summed E-state index contributed by atoms with van der Waals surface area (Å²) in [6, 6.07) is 3.42. The topological polar surface area (TPSA) is 93.3 Å². The molecule has 1 unspecified atom stereocenters. The number of halogens is 1. The number of nitroso groups, excluding NO2 is 1. The number of carbonyl (C=O) groups excluding carboxylic acids is 2. The number of allylic oxidation sites excluding steroid dienone is 4. The van der Waals surface area contributed by atoms with E-state index >= 15 is 0 Å². The van der Waals surface area contributed by atoms with Gasteiger partial charge in [-0.05, 0) is 73.2 Å². The molecule has 37 heavy (non-hydrogen) atoms. The van der Waals surface area contributed by atoms with Crippen LogP contribution in [0.2, 0.25) is 0 Å². The van der Waals surface area contributed by atoms with Crippen molar-refractivity contribution in [2.45, 2.75) is 52.9 Å². The Bertz CT molecular complexity index is 1320. The van der Waals surface area contributed by atoms with E-state index in [2.05, 4.69) is 47.2 Å². The van der Waals surface area contributed by atoms with Crippen LogP contribution in [0.4, 0.5) is 11.4 Å². The average molecular weight is 585 g/mol. The lowest BCUT2D eigenvalue weighted by atomic mass is 9.90. The van der Waals surface area contributed by atoms with Crippen molar-refractivity contribution in [3.05, 3.63) is 72.5 Å². The fraction of sp³-hybridized carbons (Fsp3) is 0.393. The Kier molecular flexibility index (Phi) is 8.54. The van der Waals surface area contributed by atoms with Gasteiger partial charge in [-0.25, -0.2) is 4.98 Å². The van der Waals surface area contributed by atoms with Crippen molar-refractivity contribution in [3.8, 4) is 0 Å². The molecule has 1 fully saturated rings. The molecule has 2 aliphatic rings. The molecule has 1 saturated heterocycles. The summed E-state index contributed by atoms with van der Waals surface area (Å²) in [7, 11) is 0. The maximum absolute atomic E-state index is 12.7. The minimum Gasteiger partial charge on any atom is -0.339 e. The van der Waals surface area contributed by atoms with Gasteiger partial charge < -0.3 is 10.2 Å². The normalized spacial score (nSPS) is 18.5. The number of benzene rings is 1. The van der Waals surface area contributed by atoms with Gasteiger partial charge in [0.2, 0.25) is 11.8 Å². The van der Waals surface area contributed by atoms with Crippen molar-refractivity contribution in [2.24, 2.45) is 5.92 Å². The van der Waals surface area contributed by atoms with Crippen LogP contribution < -0.4 is 10.5 Å². The van der Waals surface area contributed by atoms with Crippen LogP contribution in [0.5, 0.6) is 0 Å². The minimum atomic E-state index is -0.457. The van der Waals surface area contributed by atoms with Crippen LogP contribution in [0.3, 0.4) is 0 Å². The number of carbonyl (C=O) groups is 2. The number of anilines is 1. The molecule has 1 aliphatic heterocycles. The maximum atomic E-state index is 12.7. The number of aromatic nitrogens is 1. The number of rotatable bonds is 6. The molecule has 1 aliphatic carbocycles. The molecule has 2 amide bonds. The molecule has 2 aromatic rings. The second-order valence-corrected chi connectivity index (χ2v) is 12.1.